The summed E-state index contributed by atoms with van der Waals surface area (Å²) in [4.78, 5) is 0. The first kappa shape index (κ1) is 13.9. The summed E-state index contributed by atoms with van der Waals surface area (Å²) >= 11 is 0. The predicted molar refractivity (Wildman–Crippen MR) is 92.5 cm³/mol. The third kappa shape index (κ3) is 2.02. The van der Waals surface area contributed by atoms with Crippen LogP contribution in [0.2, 0.25) is 0 Å². The Morgan fingerprint density at radius 1 is 1.08 bits per heavy atom. The molecule has 1 aliphatic carbocycles. The number of ether oxygens (including phenoxy) is 2. The summed E-state index contributed by atoms with van der Waals surface area (Å²) in [5.74, 6) is 2.12. The number of benzene rings is 2. The molecule has 4 heteroatoms. The Hall–Kier alpha value is -2.49. The molecule has 0 saturated heterocycles. The second kappa shape index (κ2) is 5.26. The fraction of sp³-hybridized carbons (Fsp3) is 0.350. The van der Waals surface area contributed by atoms with Crippen molar-refractivity contribution in [3.8, 4) is 11.5 Å². The van der Waals surface area contributed by atoms with Gasteiger partial charge >= 0.3 is 0 Å². The molecule has 4 nitrogen and oxygen atoms in total. The third-order valence-electron chi connectivity index (χ3n) is 5.39. The van der Waals surface area contributed by atoms with E-state index in [1.54, 1.807) is 0 Å². The van der Waals surface area contributed by atoms with Gasteiger partial charge in [0.2, 0.25) is 6.79 Å². The van der Waals surface area contributed by atoms with Gasteiger partial charge in [0.05, 0.1) is 11.8 Å². The number of hydrogen-bond acceptors (Lipinski definition) is 4. The molecule has 24 heavy (non-hydrogen) atoms. The van der Waals surface area contributed by atoms with Gasteiger partial charge in [-0.05, 0) is 42.5 Å². The van der Waals surface area contributed by atoms with Crippen molar-refractivity contribution in [2.45, 2.75) is 25.3 Å². The molecule has 0 saturated carbocycles. The van der Waals surface area contributed by atoms with Gasteiger partial charge in [-0.1, -0.05) is 30.3 Å². The van der Waals surface area contributed by atoms with Crippen molar-refractivity contribution >= 4 is 5.71 Å². The predicted octanol–water partition coefficient (Wildman–Crippen LogP) is 3.76. The molecule has 5 rings (SSSR count). The number of rotatable bonds is 1. The van der Waals surface area contributed by atoms with Crippen LogP contribution in [0.5, 0.6) is 11.5 Å². The first-order chi connectivity index (χ1) is 11.8. The minimum atomic E-state index is 0.264. The molecule has 2 unspecified atom stereocenters. The number of fused-ring (bicyclic) bond motifs is 4. The molecule has 0 aromatic heterocycles. The van der Waals surface area contributed by atoms with Gasteiger partial charge in [-0.2, -0.15) is 5.10 Å². The lowest BCUT2D eigenvalue weighted by atomic mass is 9.85. The fourth-order valence-electron chi connectivity index (χ4n) is 4.31. The van der Waals surface area contributed by atoms with Crippen molar-refractivity contribution in [1.29, 1.82) is 0 Å². The summed E-state index contributed by atoms with van der Waals surface area (Å²) in [6.45, 7) is 0.317. The third-order valence-corrected chi connectivity index (χ3v) is 5.39. The van der Waals surface area contributed by atoms with Crippen molar-refractivity contribution in [3.05, 3.63) is 59.2 Å². The summed E-state index contributed by atoms with van der Waals surface area (Å²) in [7, 11) is 2.08. The molecule has 2 atom stereocenters. The zero-order valence-corrected chi connectivity index (χ0v) is 13.7. The Kier molecular flexibility index (Phi) is 3.05. The van der Waals surface area contributed by atoms with Crippen molar-refractivity contribution in [1.82, 2.24) is 5.01 Å². The van der Waals surface area contributed by atoms with Crippen LogP contribution in [0.4, 0.5) is 0 Å². The highest BCUT2D eigenvalue weighted by Crippen LogP contribution is 2.44. The summed E-state index contributed by atoms with van der Waals surface area (Å²) < 4.78 is 11.0. The molecule has 2 aromatic rings. The van der Waals surface area contributed by atoms with Crippen LogP contribution in [0.25, 0.3) is 0 Å². The highest BCUT2D eigenvalue weighted by atomic mass is 16.7. The van der Waals surface area contributed by atoms with E-state index in [0.717, 1.165) is 24.3 Å². The van der Waals surface area contributed by atoms with Gasteiger partial charge in [0.1, 0.15) is 0 Å². The van der Waals surface area contributed by atoms with Crippen molar-refractivity contribution in [2.24, 2.45) is 11.0 Å². The minimum absolute atomic E-state index is 0.264. The molecular formula is C20H20N2O2. The van der Waals surface area contributed by atoms with Gasteiger partial charge in [0.25, 0.3) is 0 Å². The van der Waals surface area contributed by atoms with Gasteiger partial charge in [0, 0.05) is 18.5 Å². The minimum Gasteiger partial charge on any atom is -0.454 e. The monoisotopic (exact) mass is 320 g/mol. The van der Waals surface area contributed by atoms with E-state index in [1.807, 2.05) is 6.07 Å². The van der Waals surface area contributed by atoms with Crippen molar-refractivity contribution in [2.75, 3.05) is 13.8 Å². The molecule has 2 aromatic carbocycles. The standard InChI is InChI=1S/C20H20N2O2/c1-22-20(14-9-10-17-18(11-14)24-12-23-17)16-8-4-6-13-5-2-3-7-15(13)19(16)21-22/h2-3,5,7,9-11,16,20H,4,6,8,12H2,1H3. The highest BCUT2D eigenvalue weighted by molar-refractivity contribution is 6.05. The topological polar surface area (TPSA) is 34.1 Å². The van der Waals surface area contributed by atoms with Crippen LogP contribution in [0.3, 0.4) is 0 Å². The van der Waals surface area contributed by atoms with Gasteiger partial charge in [-0.3, -0.25) is 5.01 Å². The first-order valence-electron chi connectivity index (χ1n) is 8.60. The Balaban J connectivity index is 1.56. The van der Waals surface area contributed by atoms with Crippen LogP contribution in [0.1, 0.15) is 35.6 Å². The summed E-state index contributed by atoms with van der Waals surface area (Å²) in [5.41, 5.74) is 5.26. The second-order valence-electron chi connectivity index (χ2n) is 6.77. The van der Waals surface area contributed by atoms with Gasteiger partial charge in [0.15, 0.2) is 11.5 Å². The Bertz CT molecular complexity index is 830. The average molecular weight is 320 g/mol. The van der Waals surface area contributed by atoms with E-state index in [0.29, 0.717) is 12.7 Å². The number of nitrogens with zero attached hydrogens (tertiary/aromatic N) is 2. The van der Waals surface area contributed by atoms with Crippen LogP contribution in [0, 0.1) is 5.92 Å². The first-order valence-corrected chi connectivity index (χ1v) is 8.60. The molecule has 2 heterocycles. The van der Waals surface area contributed by atoms with Crippen molar-refractivity contribution in [3.63, 3.8) is 0 Å². The average Bonchev–Trinajstić information content (AvgIpc) is 3.14. The normalized spacial score (nSPS) is 24.2. The molecule has 0 amide bonds. The molecule has 3 aliphatic rings. The van der Waals surface area contributed by atoms with Crippen LogP contribution in [-0.2, 0) is 6.42 Å². The largest absolute Gasteiger partial charge is 0.454 e. The van der Waals surface area contributed by atoms with Crippen molar-refractivity contribution < 1.29 is 9.47 Å². The zero-order valence-electron chi connectivity index (χ0n) is 13.7. The Morgan fingerprint density at radius 2 is 1.96 bits per heavy atom. The smallest absolute Gasteiger partial charge is 0.231 e. The number of hydrazone groups is 1. The maximum Gasteiger partial charge on any atom is 0.231 e. The fourth-order valence-corrected chi connectivity index (χ4v) is 4.31. The summed E-state index contributed by atoms with van der Waals surface area (Å²) in [5, 5.41) is 7.07. The van der Waals surface area contributed by atoms with E-state index in [2.05, 4.69) is 48.5 Å². The maximum absolute atomic E-state index is 5.57. The highest BCUT2D eigenvalue weighted by Gasteiger charge is 2.39. The summed E-state index contributed by atoms with van der Waals surface area (Å²) in [6.07, 6.45) is 3.51. The van der Waals surface area contributed by atoms with Crippen LogP contribution >= 0.6 is 0 Å². The maximum atomic E-state index is 5.57. The molecule has 2 aliphatic heterocycles. The molecule has 122 valence electrons. The van der Waals surface area contributed by atoms with E-state index in [4.69, 9.17) is 14.6 Å². The van der Waals surface area contributed by atoms with Crippen LogP contribution in [0.15, 0.2) is 47.6 Å². The second-order valence-corrected chi connectivity index (χ2v) is 6.77. The molecule has 0 N–H and O–H groups in total. The van der Waals surface area contributed by atoms with E-state index >= 15 is 0 Å². The quantitative estimate of drug-likeness (QED) is 0.802. The zero-order chi connectivity index (χ0) is 16.1. The van der Waals surface area contributed by atoms with E-state index in [1.165, 1.54) is 28.8 Å². The molecular weight excluding hydrogens is 300 g/mol. The van der Waals surface area contributed by atoms with Gasteiger partial charge in [-0.25, -0.2) is 0 Å². The SMILES string of the molecule is CN1N=C2c3ccccc3CCCC2C1c1ccc2c(c1)OCO2. The van der Waals surface area contributed by atoms with E-state index in [-0.39, 0.29) is 6.04 Å². The van der Waals surface area contributed by atoms with Crippen LogP contribution < -0.4 is 9.47 Å². The molecule has 0 spiro atoms. The lowest BCUT2D eigenvalue weighted by Crippen LogP contribution is -2.23. The Morgan fingerprint density at radius 3 is 2.92 bits per heavy atom. The number of hydrogen-bond donors (Lipinski definition) is 0. The molecule has 0 fully saturated rings. The lowest BCUT2D eigenvalue weighted by molar-refractivity contribution is 0.173. The van der Waals surface area contributed by atoms with E-state index in [9.17, 15) is 0 Å². The van der Waals surface area contributed by atoms with Crippen LogP contribution in [-0.4, -0.2) is 24.6 Å². The van der Waals surface area contributed by atoms with E-state index < -0.39 is 0 Å². The van der Waals surface area contributed by atoms with Gasteiger partial charge in [-0.15, -0.1) is 0 Å². The molecule has 0 radical (unpaired) electrons. The number of aryl methyl sites for hydroxylation is 1. The summed E-state index contributed by atoms with van der Waals surface area (Å²) in [6, 6.07) is 15.3. The lowest BCUT2D eigenvalue weighted by Gasteiger charge is -2.25. The van der Waals surface area contributed by atoms with Gasteiger partial charge < -0.3 is 9.47 Å². The molecule has 0 bridgehead atoms. The Labute approximate surface area is 141 Å².